The fourth-order valence-electron chi connectivity index (χ4n) is 1.23. The standard InChI is InChI=1S/C11H18N2O2S/c1-11(13,10(12)14)5-3-7-16-8-9-4-2-6-15-9/h2,4,6H,3,5,7-8,13H2,1H3,(H2,12,14). The molecule has 0 bridgehead atoms. The predicted octanol–water partition coefficient (Wildman–Crippen LogP) is 1.50. The van der Waals surface area contributed by atoms with Crippen LogP contribution in [0.2, 0.25) is 0 Å². The Morgan fingerprint density at radius 1 is 1.62 bits per heavy atom. The van der Waals surface area contributed by atoms with E-state index >= 15 is 0 Å². The average molecular weight is 242 g/mol. The number of amides is 1. The molecule has 0 saturated heterocycles. The molecule has 0 spiro atoms. The summed E-state index contributed by atoms with van der Waals surface area (Å²) >= 11 is 1.76. The molecular formula is C11H18N2O2S. The number of thioether (sulfide) groups is 1. The van der Waals surface area contributed by atoms with E-state index in [2.05, 4.69) is 0 Å². The zero-order valence-electron chi connectivity index (χ0n) is 9.44. The normalized spacial score (nSPS) is 14.6. The van der Waals surface area contributed by atoms with E-state index in [1.165, 1.54) is 0 Å². The number of furan rings is 1. The molecule has 4 nitrogen and oxygen atoms in total. The molecule has 0 aromatic carbocycles. The van der Waals surface area contributed by atoms with Crippen molar-refractivity contribution in [2.24, 2.45) is 11.5 Å². The molecule has 0 saturated carbocycles. The lowest BCUT2D eigenvalue weighted by Gasteiger charge is -2.19. The topological polar surface area (TPSA) is 82.2 Å². The Labute approximate surface area is 99.7 Å². The summed E-state index contributed by atoms with van der Waals surface area (Å²) in [5.74, 6) is 2.32. The van der Waals surface area contributed by atoms with Crippen molar-refractivity contribution >= 4 is 17.7 Å². The first-order valence-electron chi connectivity index (χ1n) is 5.21. The van der Waals surface area contributed by atoms with Gasteiger partial charge in [0.05, 0.1) is 17.6 Å². The van der Waals surface area contributed by atoms with Crippen LogP contribution in [-0.4, -0.2) is 17.2 Å². The van der Waals surface area contributed by atoms with Crippen molar-refractivity contribution < 1.29 is 9.21 Å². The van der Waals surface area contributed by atoms with Gasteiger partial charge in [-0.25, -0.2) is 0 Å². The van der Waals surface area contributed by atoms with Gasteiger partial charge in [0, 0.05) is 0 Å². The van der Waals surface area contributed by atoms with E-state index in [1.807, 2.05) is 12.1 Å². The van der Waals surface area contributed by atoms with Gasteiger partial charge in [0.2, 0.25) is 5.91 Å². The molecule has 1 amide bonds. The highest BCUT2D eigenvalue weighted by Crippen LogP contribution is 2.16. The Morgan fingerprint density at radius 3 is 2.94 bits per heavy atom. The fraction of sp³-hybridized carbons (Fsp3) is 0.545. The molecule has 0 radical (unpaired) electrons. The van der Waals surface area contributed by atoms with Gasteiger partial charge in [-0.2, -0.15) is 11.8 Å². The maximum absolute atomic E-state index is 10.9. The van der Waals surface area contributed by atoms with Gasteiger partial charge in [0.15, 0.2) is 0 Å². The number of hydrogen-bond acceptors (Lipinski definition) is 4. The number of primary amides is 1. The van der Waals surface area contributed by atoms with Gasteiger partial charge in [0.1, 0.15) is 5.76 Å². The molecular weight excluding hydrogens is 224 g/mol. The lowest BCUT2D eigenvalue weighted by atomic mass is 9.97. The number of nitrogens with two attached hydrogens (primary N) is 2. The maximum Gasteiger partial charge on any atom is 0.237 e. The van der Waals surface area contributed by atoms with Gasteiger partial charge < -0.3 is 15.9 Å². The van der Waals surface area contributed by atoms with Crippen LogP contribution in [0.15, 0.2) is 22.8 Å². The zero-order chi connectivity index (χ0) is 12.0. The van der Waals surface area contributed by atoms with E-state index < -0.39 is 11.4 Å². The molecule has 16 heavy (non-hydrogen) atoms. The molecule has 1 atom stereocenters. The van der Waals surface area contributed by atoms with Crippen LogP contribution < -0.4 is 11.5 Å². The number of carbonyl (C=O) groups excluding carboxylic acids is 1. The van der Waals surface area contributed by atoms with Crippen molar-refractivity contribution in [2.45, 2.75) is 31.1 Å². The number of rotatable bonds is 7. The quantitative estimate of drug-likeness (QED) is 0.710. The molecule has 0 fully saturated rings. The summed E-state index contributed by atoms with van der Waals surface area (Å²) in [6, 6.07) is 3.82. The van der Waals surface area contributed by atoms with Gasteiger partial charge in [-0.3, -0.25) is 4.79 Å². The smallest absolute Gasteiger partial charge is 0.237 e. The lowest BCUT2D eigenvalue weighted by Crippen LogP contribution is -2.49. The highest BCUT2D eigenvalue weighted by atomic mass is 32.2. The van der Waals surface area contributed by atoms with Crippen molar-refractivity contribution in [3.63, 3.8) is 0 Å². The maximum atomic E-state index is 10.9. The SMILES string of the molecule is CC(N)(CCCSCc1ccco1)C(N)=O. The van der Waals surface area contributed by atoms with Crippen LogP contribution >= 0.6 is 11.8 Å². The first kappa shape index (κ1) is 13.1. The van der Waals surface area contributed by atoms with Crippen LogP contribution in [0.4, 0.5) is 0 Å². The summed E-state index contributed by atoms with van der Waals surface area (Å²) in [6.45, 7) is 1.67. The second-order valence-electron chi connectivity index (χ2n) is 4.02. The first-order valence-corrected chi connectivity index (χ1v) is 6.37. The molecule has 90 valence electrons. The summed E-state index contributed by atoms with van der Waals surface area (Å²) in [4.78, 5) is 10.9. The highest BCUT2D eigenvalue weighted by Gasteiger charge is 2.24. The summed E-state index contributed by atoms with van der Waals surface area (Å²) in [6.07, 6.45) is 3.16. The lowest BCUT2D eigenvalue weighted by molar-refractivity contribution is -0.122. The zero-order valence-corrected chi connectivity index (χ0v) is 10.3. The van der Waals surface area contributed by atoms with E-state index in [9.17, 15) is 4.79 Å². The van der Waals surface area contributed by atoms with Gasteiger partial charge in [0.25, 0.3) is 0 Å². The Kier molecular flexibility index (Phi) is 4.89. The number of hydrogen-bond donors (Lipinski definition) is 2. The molecule has 1 aromatic heterocycles. The summed E-state index contributed by atoms with van der Waals surface area (Å²) in [5, 5.41) is 0. The summed E-state index contributed by atoms with van der Waals surface area (Å²) < 4.78 is 5.20. The van der Waals surface area contributed by atoms with E-state index in [4.69, 9.17) is 15.9 Å². The van der Waals surface area contributed by atoms with E-state index in [0.717, 1.165) is 23.7 Å². The third-order valence-electron chi connectivity index (χ3n) is 2.37. The van der Waals surface area contributed by atoms with Crippen molar-refractivity contribution in [1.29, 1.82) is 0 Å². The molecule has 0 aliphatic carbocycles. The van der Waals surface area contributed by atoms with Gasteiger partial charge in [-0.1, -0.05) is 0 Å². The van der Waals surface area contributed by atoms with Crippen LogP contribution in [0.3, 0.4) is 0 Å². The van der Waals surface area contributed by atoms with Crippen molar-refractivity contribution in [2.75, 3.05) is 5.75 Å². The first-order chi connectivity index (χ1) is 7.52. The Balaban J connectivity index is 2.10. The van der Waals surface area contributed by atoms with E-state index in [0.29, 0.717) is 6.42 Å². The van der Waals surface area contributed by atoms with Crippen molar-refractivity contribution in [3.05, 3.63) is 24.2 Å². The molecule has 1 heterocycles. The molecule has 4 N–H and O–H groups in total. The van der Waals surface area contributed by atoms with E-state index in [1.54, 1.807) is 24.9 Å². The van der Waals surface area contributed by atoms with Gasteiger partial charge in [-0.05, 0) is 37.7 Å². The molecule has 1 aromatic rings. The highest BCUT2D eigenvalue weighted by molar-refractivity contribution is 7.98. The minimum Gasteiger partial charge on any atom is -0.468 e. The van der Waals surface area contributed by atoms with Crippen molar-refractivity contribution in [3.8, 4) is 0 Å². The van der Waals surface area contributed by atoms with Crippen LogP contribution in [0.5, 0.6) is 0 Å². The minimum atomic E-state index is -0.884. The Morgan fingerprint density at radius 2 is 2.38 bits per heavy atom. The second kappa shape index (κ2) is 5.96. The number of carbonyl (C=O) groups is 1. The van der Waals surface area contributed by atoms with Crippen LogP contribution in [0, 0.1) is 0 Å². The molecule has 0 aliphatic rings. The van der Waals surface area contributed by atoms with Gasteiger partial charge >= 0.3 is 0 Å². The third-order valence-corrected chi connectivity index (χ3v) is 3.44. The van der Waals surface area contributed by atoms with E-state index in [-0.39, 0.29) is 0 Å². The summed E-state index contributed by atoms with van der Waals surface area (Å²) in [5.41, 5.74) is 10.0. The largest absolute Gasteiger partial charge is 0.468 e. The minimum absolute atomic E-state index is 0.441. The molecule has 1 unspecified atom stereocenters. The third kappa shape index (κ3) is 4.28. The average Bonchev–Trinajstić information content (AvgIpc) is 2.69. The Bertz CT molecular complexity index is 323. The predicted molar refractivity (Wildman–Crippen MR) is 65.9 cm³/mol. The summed E-state index contributed by atoms with van der Waals surface area (Å²) in [7, 11) is 0. The molecule has 5 heteroatoms. The van der Waals surface area contributed by atoms with Crippen molar-refractivity contribution in [1.82, 2.24) is 0 Å². The molecule has 0 aliphatic heterocycles. The van der Waals surface area contributed by atoms with Crippen LogP contribution in [-0.2, 0) is 10.5 Å². The fourth-order valence-corrected chi connectivity index (χ4v) is 2.09. The second-order valence-corrected chi connectivity index (χ2v) is 5.12. The van der Waals surface area contributed by atoms with Crippen LogP contribution in [0.1, 0.15) is 25.5 Å². The molecule has 1 rings (SSSR count). The van der Waals surface area contributed by atoms with Crippen LogP contribution in [0.25, 0.3) is 0 Å². The monoisotopic (exact) mass is 242 g/mol. The Hall–Kier alpha value is -0.940. The van der Waals surface area contributed by atoms with Gasteiger partial charge in [-0.15, -0.1) is 0 Å².